The van der Waals surface area contributed by atoms with Crippen LogP contribution in [0.4, 0.5) is 9.52 Å². The third-order valence-electron chi connectivity index (χ3n) is 5.87. The molecule has 0 saturated carbocycles. The maximum Gasteiger partial charge on any atom is 0.231 e. The summed E-state index contributed by atoms with van der Waals surface area (Å²) in [5.41, 5.74) is 2.60. The summed E-state index contributed by atoms with van der Waals surface area (Å²) in [5.74, 6) is -0.206. The molecule has 7 nitrogen and oxygen atoms in total. The summed E-state index contributed by atoms with van der Waals surface area (Å²) in [6, 6.07) is 10.2. The van der Waals surface area contributed by atoms with Gasteiger partial charge in [-0.15, -0.1) is 0 Å². The zero-order valence-electron chi connectivity index (χ0n) is 18.1. The molecule has 3 heterocycles. The highest BCUT2D eigenvalue weighted by Gasteiger charge is 2.34. The van der Waals surface area contributed by atoms with Crippen LogP contribution in [0.25, 0.3) is 21.1 Å². The highest BCUT2D eigenvalue weighted by molar-refractivity contribution is 7.22. The molecular formula is C24H23FN4O3S. The Morgan fingerprint density at radius 3 is 3.06 bits per heavy atom. The lowest BCUT2D eigenvalue weighted by atomic mass is 10.1. The molecule has 2 aromatic heterocycles. The van der Waals surface area contributed by atoms with E-state index in [4.69, 9.17) is 4.74 Å². The molecule has 1 saturated heterocycles. The fourth-order valence-corrected chi connectivity index (χ4v) is 5.10. The van der Waals surface area contributed by atoms with E-state index in [2.05, 4.69) is 15.3 Å². The number of anilines is 1. The van der Waals surface area contributed by atoms with Crippen molar-refractivity contribution >= 4 is 49.4 Å². The molecule has 2 aromatic carbocycles. The SMILES string of the molecule is CCOc1ccc2nc(NC(=O)[C@@H]3CC(=O)N(CCc4c[nH]c5ccc(F)cc45)C3)sc2c1. The molecule has 0 aliphatic carbocycles. The Bertz CT molecular complexity index is 1350. The quantitative estimate of drug-likeness (QED) is 0.424. The summed E-state index contributed by atoms with van der Waals surface area (Å²) < 4.78 is 20.0. The summed E-state index contributed by atoms with van der Waals surface area (Å²) in [7, 11) is 0. The summed E-state index contributed by atoms with van der Waals surface area (Å²) >= 11 is 1.38. The number of likely N-dealkylation sites (tertiary alicyclic amines) is 1. The minimum Gasteiger partial charge on any atom is -0.494 e. The third-order valence-corrected chi connectivity index (χ3v) is 6.80. The molecule has 1 aliphatic rings. The summed E-state index contributed by atoms with van der Waals surface area (Å²) in [4.78, 5) is 34.6. The number of nitrogens with one attached hydrogen (secondary N) is 2. The van der Waals surface area contributed by atoms with E-state index in [-0.39, 0.29) is 24.1 Å². The number of ether oxygens (including phenoxy) is 1. The van der Waals surface area contributed by atoms with Gasteiger partial charge in [0.1, 0.15) is 11.6 Å². The number of thiazole rings is 1. The summed E-state index contributed by atoms with van der Waals surface area (Å²) in [6.45, 7) is 3.35. The largest absolute Gasteiger partial charge is 0.494 e. The average molecular weight is 467 g/mol. The number of halogens is 1. The van der Waals surface area contributed by atoms with Crippen molar-refractivity contribution in [1.82, 2.24) is 14.9 Å². The number of carbonyl (C=O) groups excluding carboxylic acids is 2. The van der Waals surface area contributed by atoms with E-state index in [1.165, 1.54) is 23.5 Å². The molecule has 1 atom stereocenters. The number of nitrogens with zero attached hydrogens (tertiary/aromatic N) is 2. The molecule has 1 aliphatic heterocycles. The summed E-state index contributed by atoms with van der Waals surface area (Å²) in [5, 5.41) is 4.20. The van der Waals surface area contributed by atoms with Crippen LogP contribution in [-0.4, -0.2) is 46.4 Å². The number of hydrogen-bond acceptors (Lipinski definition) is 5. The minimum atomic E-state index is -0.427. The number of rotatable bonds is 7. The molecule has 0 unspecified atom stereocenters. The molecule has 0 bridgehead atoms. The maximum atomic E-state index is 13.6. The molecule has 2 amide bonds. The van der Waals surface area contributed by atoms with E-state index in [0.29, 0.717) is 31.2 Å². The van der Waals surface area contributed by atoms with Crippen LogP contribution in [0, 0.1) is 11.7 Å². The van der Waals surface area contributed by atoms with Gasteiger partial charge >= 0.3 is 0 Å². The first-order chi connectivity index (χ1) is 16.0. The second-order valence-corrected chi connectivity index (χ2v) is 9.10. The zero-order chi connectivity index (χ0) is 22.9. The monoisotopic (exact) mass is 466 g/mol. The number of carbonyl (C=O) groups is 2. The van der Waals surface area contributed by atoms with Gasteiger partial charge in [0, 0.05) is 36.6 Å². The van der Waals surface area contributed by atoms with Gasteiger partial charge in [0.2, 0.25) is 11.8 Å². The van der Waals surface area contributed by atoms with Crippen LogP contribution in [0.1, 0.15) is 18.9 Å². The Hall–Kier alpha value is -3.46. The van der Waals surface area contributed by atoms with Crippen LogP contribution in [0.3, 0.4) is 0 Å². The van der Waals surface area contributed by atoms with Gasteiger partial charge < -0.3 is 19.9 Å². The van der Waals surface area contributed by atoms with Gasteiger partial charge in [-0.2, -0.15) is 0 Å². The topological polar surface area (TPSA) is 87.3 Å². The molecule has 33 heavy (non-hydrogen) atoms. The number of aromatic nitrogens is 2. The Kier molecular flexibility index (Phi) is 5.72. The van der Waals surface area contributed by atoms with Gasteiger partial charge in [-0.3, -0.25) is 9.59 Å². The molecule has 0 spiro atoms. The Balaban J connectivity index is 1.21. The van der Waals surface area contributed by atoms with E-state index in [1.807, 2.05) is 31.3 Å². The molecule has 5 rings (SSSR count). The number of H-pyrrole nitrogens is 1. The van der Waals surface area contributed by atoms with Crippen LogP contribution in [-0.2, 0) is 16.0 Å². The smallest absolute Gasteiger partial charge is 0.231 e. The molecule has 0 radical (unpaired) electrons. The Morgan fingerprint density at radius 1 is 1.33 bits per heavy atom. The minimum absolute atomic E-state index is 0.0492. The van der Waals surface area contributed by atoms with Crippen molar-refractivity contribution < 1.29 is 18.7 Å². The van der Waals surface area contributed by atoms with Crippen LogP contribution < -0.4 is 10.1 Å². The first kappa shape index (κ1) is 21.4. The first-order valence-electron chi connectivity index (χ1n) is 10.9. The van der Waals surface area contributed by atoms with E-state index in [0.717, 1.165) is 32.4 Å². The third kappa shape index (κ3) is 4.41. The van der Waals surface area contributed by atoms with E-state index >= 15 is 0 Å². The van der Waals surface area contributed by atoms with Gasteiger partial charge in [-0.25, -0.2) is 9.37 Å². The maximum absolute atomic E-state index is 13.6. The second-order valence-electron chi connectivity index (χ2n) is 8.07. The van der Waals surface area contributed by atoms with Gasteiger partial charge in [-0.05, 0) is 55.3 Å². The van der Waals surface area contributed by atoms with E-state index in [1.54, 1.807) is 11.0 Å². The molecule has 170 valence electrons. The van der Waals surface area contributed by atoms with Crippen molar-refractivity contribution in [2.45, 2.75) is 19.8 Å². The van der Waals surface area contributed by atoms with Crippen LogP contribution in [0.5, 0.6) is 5.75 Å². The zero-order valence-corrected chi connectivity index (χ0v) is 18.9. The summed E-state index contributed by atoms with van der Waals surface area (Å²) in [6.07, 6.45) is 2.61. The fraction of sp³-hybridized carbons (Fsp3) is 0.292. The molecular weight excluding hydrogens is 443 g/mol. The number of aromatic amines is 1. The highest BCUT2D eigenvalue weighted by Crippen LogP contribution is 2.30. The lowest BCUT2D eigenvalue weighted by Crippen LogP contribution is -2.29. The molecule has 2 N–H and O–H groups in total. The molecule has 1 fully saturated rings. The van der Waals surface area contributed by atoms with Gasteiger partial charge in [0.05, 0.1) is 22.7 Å². The average Bonchev–Trinajstić information content (AvgIpc) is 3.48. The van der Waals surface area contributed by atoms with Crippen LogP contribution in [0.15, 0.2) is 42.6 Å². The predicted octanol–water partition coefficient (Wildman–Crippen LogP) is 4.35. The molecule has 9 heteroatoms. The number of hydrogen-bond donors (Lipinski definition) is 2. The van der Waals surface area contributed by atoms with E-state index < -0.39 is 5.92 Å². The fourth-order valence-electron chi connectivity index (χ4n) is 4.20. The first-order valence-corrected chi connectivity index (χ1v) is 11.7. The van der Waals surface area contributed by atoms with Gasteiger partial charge in [-0.1, -0.05) is 11.3 Å². The predicted molar refractivity (Wildman–Crippen MR) is 126 cm³/mol. The van der Waals surface area contributed by atoms with Crippen LogP contribution >= 0.6 is 11.3 Å². The van der Waals surface area contributed by atoms with Crippen molar-refractivity contribution in [2.24, 2.45) is 5.92 Å². The Morgan fingerprint density at radius 2 is 2.21 bits per heavy atom. The lowest BCUT2D eigenvalue weighted by Gasteiger charge is -2.16. The standard InChI is InChI=1S/C24H23FN4O3S/c1-2-32-17-4-6-20-21(11-17)33-24(27-20)28-23(31)15-9-22(30)29(13-15)8-7-14-12-26-19-5-3-16(25)10-18(14)19/h3-6,10-12,15,26H,2,7-9,13H2,1H3,(H,27,28,31)/t15-/m1/s1. The normalized spacial score (nSPS) is 16.1. The second kappa shape index (κ2) is 8.82. The van der Waals surface area contributed by atoms with Crippen molar-refractivity contribution in [3.63, 3.8) is 0 Å². The van der Waals surface area contributed by atoms with Crippen molar-refractivity contribution in [3.05, 3.63) is 54.0 Å². The Labute approximate surface area is 193 Å². The van der Waals surface area contributed by atoms with Crippen molar-refractivity contribution in [1.29, 1.82) is 0 Å². The van der Waals surface area contributed by atoms with Gasteiger partial charge in [0.25, 0.3) is 0 Å². The number of fused-ring (bicyclic) bond motifs is 2. The molecule has 4 aromatic rings. The van der Waals surface area contributed by atoms with Gasteiger partial charge in [0.15, 0.2) is 5.13 Å². The van der Waals surface area contributed by atoms with Crippen molar-refractivity contribution in [3.8, 4) is 5.75 Å². The lowest BCUT2D eigenvalue weighted by molar-refractivity contribution is -0.128. The van der Waals surface area contributed by atoms with E-state index in [9.17, 15) is 14.0 Å². The number of benzene rings is 2. The van der Waals surface area contributed by atoms with Crippen LogP contribution in [0.2, 0.25) is 0 Å². The van der Waals surface area contributed by atoms with Crippen molar-refractivity contribution in [2.75, 3.05) is 25.0 Å². The number of amides is 2. The highest BCUT2D eigenvalue weighted by atomic mass is 32.1.